The molecule has 2 aromatic carbocycles. The zero-order chi connectivity index (χ0) is 37.7. The Morgan fingerprint density at radius 1 is 0.944 bits per heavy atom. The lowest BCUT2D eigenvalue weighted by Crippen LogP contribution is -2.51. The number of esters is 2. The molecule has 0 aliphatic heterocycles. The highest BCUT2D eigenvalue weighted by Gasteiger charge is 2.58. The van der Waals surface area contributed by atoms with E-state index in [4.69, 9.17) is 19.3 Å². The van der Waals surface area contributed by atoms with Crippen LogP contribution in [0.2, 0.25) is 0 Å². The molecule has 6 atom stereocenters. The smallest absolute Gasteiger partial charge is 0.415 e. The van der Waals surface area contributed by atoms with E-state index in [0.717, 1.165) is 44.2 Å². The van der Waals surface area contributed by atoms with Crippen LogP contribution in [0.3, 0.4) is 0 Å². The molecule has 284 valence electrons. The van der Waals surface area contributed by atoms with E-state index < -0.39 is 32.7 Å². The van der Waals surface area contributed by atoms with Crippen molar-refractivity contribution < 1.29 is 41.7 Å². The molecule has 54 heavy (non-hydrogen) atoms. The van der Waals surface area contributed by atoms with Gasteiger partial charge in [-0.2, -0.15) is 5.10 Å². The Hall–Kier alpha value is -4.98. The van der Waals surface area contributed by atoms with Gasteiger partial charge in [0, 0.05) is 11.8 Å². The second kappa shape index (κ2) is 14.0. The molecular weight excluding hydrogens is 713 g/mol. The molecule has 14 heteroatoms. The quantitative estimate of drug-likeness (QED) is 0.0807. The topological polar surface area (TPSA) is 167 Å². The molecule has 4 aromatic rings. The molecule has 2 fully saturated rings. The first kappa shape index (κ1) is 36.0. The van der Waals surface area contributed by atoms with Crippen LogP contribution in [-0.4, -0.2) is 54.6 Å². The van der Waals surface area contributed by atoms with Crippen molar-refractivity contribution >= 4 is 21.8 Å². The highest BCUT2D eigenvalue weighted by Crippen LogP contribution is 2.64. The number of nitrogens with zero attached hydrogens (tertiary/aromatic N) is 4. The number of hydrogen-bond donors (Lipinski definition) is 0. The molecule has 0 spiro atoms. The first-order chi connectivity index (χ1) is 26.0. The summed E-state index contributed by atoms with van der Waals surface area (Å²) in [5, 5.41) is 19.5. The van der Waals surface area contributed by atoms with E-state index >= 15 is 0 Å². The van der Waals surface area contributed by atoms with Gasteiger partial charge in [0.25, 0.3) is 9.84 Å². The Balaban J connectivity index is 0.812. The van der Waals surface area contributed by atoms with Crippen molar-refractivity contribution in [2.45, 2.75) is 93.1 Å². The summed E-state index contributed by atoms with van der Waals surface area (Å²) < 4.78 is 48.8. The third kappa shape index (κ3) is 6.27. The fourth-order valence-corrected chi connectivity index (χ4v) is 11.2. The van der Waals surface area contributed by atoms with E-state index in [2.05, 4.69) is 64.9 Å². The van der Waals surface area contributed by atoms with Crippen molar-refractivity contribution in [3.05, 3.63) is 95.0 Å². The lowest BCUT2D eigenvalue weighted by molar-refractivity contribution is -0.832. The van der Waals surface area contributed by atoms with Crippen LogP contribution in [0.4, 0.5) is 0 Å². The van der Waals surface area contributed by atoms with Crippen molar-refractivity contribution in [2.24, 2.45) is 23.2 Å². The van der Waals surface area contributed by atoms with E-state index in [1.165, 1.54) is 41.1 Å². The monoisotopic (exact) mass is 756 g/mol. The summed E-state index contributed by atoms with van der Waals surface area (Å²) in [6.07, 6.45) is 10.8. The number of hydrogen-bond acceptors (Lipinski definition) is 11. The maximum Gasteiger partial charge on any atom is 0.415 e. The number of benzene rings is 2. The van der Waals surface area contributed by atoms with Crippen molar-refractivity contribution in [1.82, 2.24) is 14.9 Å². The van der Waals surface area contributed by atoms with E-state index in [0.29, 0.717) is 24.2 Å². The predicted molar refractivity (Wildman–Crippen MR) is 192 cm³/mol. The Morgan fingerprint density at radius 3 is 2.44 bits per heavy atom. The number of fused-ring (bicyclic) bond motifs is 7. The predicted octanol–water partition coefficient (Wildman–Crippen LogP) is 5.62. The summed E-state index contributed by atoms with van der Waals surface area (Å²) in [6, 6.07) is 17.8. The van der Waals surface area contributed by atoms with Crippen LogP contribution in [0.15, 0.2) is 93.1 Å². The SMILES string of the molecule is CC12CCC(OC(=O)CCC(=O)OCCOc3no[n+]([O-])c3S(=O)(=O)c3ccccc3)CC1=CCC1C2CCC2(C)c3c(cnn3-c3ccccc3)CC12. The zero-order valence-electron chi connectivity index (χ0n) is 30.4. The minimum atomic E-state index is -4.27. The van der Waals surface area contributed by atoms with Gasteiger partial charge in [0.1, 0.15) is 19.3 Å². The normalized spacial score (nSPS) is 27.1. The van der Waals surface area contributed by atoms with Crippen molar-refractivity contribution in [2.75, 3.05) is 13.2 Å². The van der Waals surface area contributed by atoms with Crippen LogP contribution >= 0.6 is 0 Å². The van der Waals surface area contributed by atoms with Crippen molar-refractivity contribution in [3.63, 3.8) is 0 Å². The molecule has 2 saturated carbocycles. The molecule has 0 radical (unpaired) electrons. The third-order valence-corrected chi connectivity index (χ3v) is 14.3. The number of rotatable bonds is 11. The van der Waals surface area contributed by atoms with Gasteiger partial charge in [0.05, 0.1) is 40.5 Å². The van der Waals surface area contributed by atoms with Crippen molar-refractivity contribution in [1.29, 1.82) is 0 Å². The molecule has 6 unspecified atom stereocenters. The van der Waals surface area contributed by atoms with Crippen LogP contribution in [0.1, 0.15) is 76.5 Å². The Kier molecular flexibility index (Phi) is 9.35. The summed E-state index contributed by atoms with van der Waals surface area (Å²) >= 11 is 0. The highest BCUT2D eigenvalue weighted by molar-refractivity contribution is 7.91. The summed E-state index contributed by atoms with van der Waals surface area (Å²) in [4.78, 5) is 24.8. The fourth-order valence-electron chi connectivity index (χ4n) is 9.92. The van der Waals surface area contributed by atoms with Gasteiger partial charge in [0.2, 0.25) is 0 Å². The lowest BCUT2D eigenvalue weighted by atomic mass is 9.48. The van der Waals surface area contributed by atoms with E-state index in [-0.39, 0.29) is 52.8 Å². The Labute approximate surface area is 313 Å². The summed E-state index contributed by atoms with van der Waals surface area (Å²) in [7, 11) is -4.27. The largest absolute Gasteiger partial charge is 0.462 e. The molecule has 4 aliphatic rings. The number of carbonyl (C=O) groups is 2. The number of ether oxygens (including phenoxy) is 3. The number of carbonyl (C=O) groups excluding carboxylic acids is 2. The summed E-state index contributed by atoms with van der Waals surface area (Å²) in [6.45, 7) is 4.33. The lowest BCUT2D eigenvalue weighted by Gasteiger charge is -2.57. The van der Waals surface area contributed by atoms with Gasteiger partial charge in [-0.25, -0.2) is 13.1 Å². The molecular formula is C40H44N4O9S. The van der Waals surface area contributed by atoms with Gasteiger partial charge in [-0.3, -0.25) is 14.2 Å². The molecule has 0 N–H and O–H groups in total. The molecule has 0 amide bonds. The zero-order valence-corrected chi connectivity index (χ0v) is 31.2. The van der Waals surface area contributed by atoms with Gasteiger partial charge in [-0.05, 0) is 96.4 Å². The Morgan fingerprint density at radius 2 is 1.67 bits per heavy atom. The van der Waals surface area contributed by atoms with Crippen LogP contribution in [0, 0.1) is 28.4 Å². The molecule has 4 aliphatic carbocycles. The minimum Gasteiger partial charge on any atom is -0.462 e. The van der Waals surface area contributed by atoms with E-state index in [9.17, 15) is 23.2 Å². The minimum absolute atomic E-state index is 0.0751. The van der Waals surface area contributed by atoms with E-state index in [1.54, 1.807) is 6.07 Å². The Bertz CT molecular complexity index is 2180. The molecule has 13 nitrogen and oxygen atoms in total. The van der Waals surface area contributed by atoms with Gasteiger partial charge in [-0.1, -0.05) is 61.9 Å². The molecule has 2 heterocycles. The average molecular weight is 757 g/mol. The van der Waals surface area contributed by atoms with Crippen LogP contribution < -0.4 is 9.64 Å². The second-order valence-corrected chi connectivity index (χ2v) is 17.3. The maximum absolute atomic E-state index is 12.9. The standard InChI is InChI=1S/C40H44N4O9S/c1-39-19-17-29(52-35(46)16-15-34(45)50-21-22-51-37-38(44(47)53-42-37)54(48,49)30-11-7-4-8-12-30)24-27(39)13-14-31-32(39)18-20-40(2)33(31)23-26-25-41-43(36(26)40)28-9-5-3-6-10-28/h3-13,25,29,31-33H,14-24H2,1-2H3. The summed E-state index contributed by atoms with van der Waals surface area (Å²) in [5.41, 5.74) is 5.45. The first-order valence-corrected chi connectivity index (χ1v) is 20.2. The maximum atomic E-state index is 12.9. The number of allylic oxidation sites excluding steroid dienone is 1. The highest BCUT2D eigenvalue weighted by atomic mass is 32.2. The van der Waals surface area contributed by atoms with Crippen molar-refractivity contribution in [3.8, 4) is 11.6 Å². The van der Waals surface area contributed by atoms with Crippen LogP contribution in [0.25, 0.3) is 5.69 Å². The van der Waals surface area contributed by atoms with Gasteiger partial charge in [0.15, 0.2) is 0 Å². The van der Waals surface area contributed by atoms with Gasteiger partial charge >= 0.3 is 22.8 Å². The molecule has 8 rings (SSSR count). The second-order valence-electron chi connectivity index (χ2n) is 15.5. The third-order valence-electron chi connectivity index (χ3n) is 12.5. The number of para-hydroxylation sites is 1. The van der Waals surface area contributed by atoms with Crippen LogP contribution in [-0.2, 0) is 40.7 Å². The number of aromatic nitrogens is 4. The summed E-state index contributed by atoms with van der Waals surface area (Å²) in [5.74, 6) is 0.0989. The first-order valence-electron chi connectivity index (χ1n) is 18.7. The fraction of sp³-hybridized carbons (Fsp3) is 0.475. The number of sulfone groups is 1. The molecule has 0 bridgehead atoms. The van der Waals surface area contributed by atoms with Gasteiger partial charge < -0.3 is 19.4 Å². The van der Waals surface area contributed by atoms with Gasteiger partial charge in [-0.15, -0.1) is 0 Å². The van der Waals surface area contributed by atoms with Crippen LogP contribution in [0.5, 0.6) is 5.88 Å². The molecule has 0 saturated heterocycles. The average Bonchev–Trinajstić information content (AvgIpc) is 3.86. The molecule has 2 aromatic heterocycles. The van der Waals surface area contributed by atoms with E-state index in [1.807, 2.05) is 6.07 Å².